The molecule has 0 N–H and O–H groups in total. The van der Waals surface area contributed by atoms with Gasteiger partial charge in [0.15, 0.2) is 0 Å². The summed E-state index contributed by atoms with van der Waals surface area (Å²) in [5.74, 6) is 0. The zero-order chi connectivity index (χ0) is 12.5. The van der Waals surface area contributed by atoms with Gasteiger partial charge in [-0.3, -0.25) is 0 Å². The molecule has 2 rings (SSSR count). The van der Waals surface area contributed by atoms with Crippen LogP contribution in [0, 0.1) is 0 Å². The molecular formula is C12H11ClO2S2. The largest absolute Gasteiger partial charge is 0.262 e. The fourth-order valence-corrected chi connectivity index (χ4v) is 4.04. The third-order valence-electron chi connectivity index (χ3n) is 2.52. The first-order chi connectivity index (χ1) is 8.02. The van der Waals surface area contributed by atoms with Crippen LogP contribution in [0.3, 0.4) is 0 Å². The van der Waals surface area contributed by atoms with Crippen molar-refractivity contribution in [3.63, 3.8) is 0 Å². The van der Waals surface area contributed by atoms with Crippen LogP contribution in [-0.4, -0.2) is 8.42 Å². The number of thiophene rings is 1. The van der Waals surface area contributed by atoms with Crippen LogP contribution in [0.5, 0.6) is 0 Å². The molecule has 0 aliphatic carbocycles. The van der Waals surface area contributed by atoms with Gasteiger partial charge in [0, 0.05) is 10.7 Å². The molecule has 0 bridgehead atoms. The highest BCUT2D eigenvalue weighted by Gasteiger charge is 2.17. The highest BCUT2D eigenvalue weighted by atomic mass is 35.7. The summed E-state index contributed by atoms with van der Waals surface area (Å²) >= 11 is 1.38. The maximum Gasteiger partial charge on any atom is 0.262 e. The van der Waals surface area contributed by atoms with Crippen molar-refractivity contribution in [3.8, 4) is 10.4 Å². The van der Waals surface area contributed by atoms with Crippen LogP contribution < -0.4 is 0 Å². The second-order valence-electron chi connectivity index (χ2n) is 3.60. The lowest BCUT2D eigenvalue weighted by molar-refractivity contribution is 0.610. The molecule has 0 unspecified atom stereocenters. The monoisotopic (exact) mass is 286 g/mol. The van der Waals surface area contributed by atoms with Gasteiger partial charge in [0.25, 0.3) is 9.05 Å². The van der Waals surface area contributed by atoms with Crippen molar-refractivity contribution in [3.05, 3.63) is 41.3 Å². The lowest BCUT2D eigenvalue weighted by Crippen LogP contribution is -1.90. The average molecular weight is 287 g/mol. The minimum atomic E-state index is -3.67. The molecule has 0 radical (unpaired) electrons. The van der Waals surface area contributed by atoms with Crippen molar-refractivity contribution in [2.24, 2.45) is 0 Å². The Hall–Kier alpha value is -0.840. The third kappa shape index (κ3) is 2.70. The van der Waals surface area contributed by atoms with Crippen LogP contribution in [0.25, 0.3) is 10.4 Å². The van der Waals surface area contributed by atoms with E-state index in [9.17, 15) is 8.42 Å². The molecule has 0 aliphatic rings. The van der Waals surface area contributed by atoms with E-state index in [4.69, 9.17) is 10.7 Å². The lowest BCUT2D eigenvalue weighted by atomic mass is 10.1. The predicted molar refractivity (Wildman–Crippen MR) is 72.2 cm³/mol. The molecule has 2 aromatic rings. The van der Waals surface area contributed by atoms with Crippen LogP contribution >= 0.6 is 22.0 Å². The summed E-state index contributed by atoms with van der Waals surface area (Å²) < 4.78 is 22.8. The number of hydrogen-bond donors (Lipinski definition) is 0. The van der Waals surface area contributed by atoms with E-state index in [1.807, 2.05) is 24.3 Å². The van der Waals surface area contributed by atoms with E-state index >= 15 is 0 Å². The third-order valence-corrected chi connectivity index (χ3v) is 4.97. The van der Waals surface area contributed by atoms with Gasteiger partial charge < -0.3 is 0 Å². The van der Waals surface area contributed by atoms with Crippen molar-refractivity contribution < 1.29 is 8.42 Å². The summed E-state index contributed by atoms with van der Waals surface area (Å²) in [5, 5.41) is 1.73. The maximum atomic E-state index is 11.4. The van der Waals surface area contributed by atoms with E-state index in [1.54, 1.807) is 5.38 Å². The van der Waals surface area contributed by atoms with Gasteiger partial charge in [0.2, 0.25) is 0 Å². The Kier molecular flexibility index (Phi) is 3.56. The molecule has 0 spiro atoms. The average Bonchev–Trinajstić information content (AvgIpc) is 2.78. The van der Waals surface area contributed by atoms with Crippen LogP contribution in [0.4, 0.5) is 0 Å². The summed E-state index contributed by atoms with van der Waals surface area (Å²) in [6.07, 6.45) is 0.964. The number of hydrogen-bond acceptors (Lipinski definition) is 3. The van der Waals surface area contributed by atoms with Crippen LogP contribution in [0.1, 0.15) is 12.5 Å². The second-order valence-corrected chi connectivity index (χ2v) is 7.05. The van der Waals surface area contributed by atoms with E-state index in [1.165, 1.54) is 23.0 Å². The van der Waals surface area contributed by atoms with Crippen LogP contribution in [0.2, 0.25) is 0 Å². The van der Waals surface area contributed by atoms with Crippen molar-refractivity contribution in [2.45, 2.75) is 18.2 Å². The standard InChI is InChI=1S/C12H11ClO2S2/c1-2-9-3-5-10(6-4-9)12-11(7-8-16-12)17(13,14)15/h3-8H,2H2,1H3. The summed E-state index contributed by atoms with van der Waals surface area (Å²) in [7, 11) is 1.72. The van der Waals surface area contributed by atoms with Crippen molar-refractivity contribution in [2.75, 3.05) is 0 Å². The molecule has 0 aliphatic heterocycles. The van der Waals surface area contributed by atoms with Gasteiger partial charge in [-0.25, -0.2) is 8.42 Å². The molecule has 5 heteroatoms. The van der Waals surface area contributed by atoms with Gasteiger partial charge in [0.1, 0.15) is 4.90 Å². The number of aryl methyl sites for hydroxylation is 1. The Labute approximate surface area is 109 Å². The van der Waals surface area contributed by atoms with Gasteiger partial charge in [0.05, 0.1) is 4.88 Å². The molecular weight excluding hydrogens is 276 g/mol. The second kappa shape index (κ2) is 4.80. The van der Waals surface area contributed by atoms with Crippen molar-refractivity contribution in [1.82, 2.24) is 0 Å². The van der Waals surface area contributed by atoms with Gasteiger partial charge in [-0.15, -0.1) is 11.3 Å². The molecule has 0 atom stereocenters. The molecule has 90 valence electrons. The first-order valence-corrected chi connectivity index (χ1v) is 8.32. The summed E-state index contributed by atoms with van der Waals surface area (Å²) in [4.78, 5) is 0.885. The van der Waals surface area contributed by atoms with E-state index in [2.05, 4.69) is 6.92 Å². The number of benzene rings is 1. The zero-order valence-corrected chi connectivity index (χ0v) is 11.6. The molecule has 1 heterocycles. The Bertz CT molecular complexity index is 612. The molecule has 0 saturated heterocycles. The van der Waals surface area contributed by atoms with Crippen molar-refractivity contribution in [1.29, 1.82) is 0 Å². The van der Waals surface area contributed by atoms with Crippen LogP contribution in [-0.2, 0) is 15.5 Å². The van der Waals surface area contributed by atoms with E-state index in [0.29, 0.717) is 4.88 Å². The minimum Gasteiger partial charge on any atom is -0.207 e. The van der Waals surface area contributed by atoms with Crippen molar-refractivity contribution >= 4 is 31.1 Å². The van der Waals surface area contributed by atoms with E-state index < -0.39 is 9.05 Å². The molecule has 2 nitrogen and oxygen atoms in total. The fraction of sp³-hybridized carbons (Fsp3) is 0.167. The number of rotatable bonds is 3. The summed E-state index contributed by atoms with van der Waals surface area (Å²) in [5.41, 5.74) is 2.11. The number of halogens is 1. The van der Waals surface area contributed by atoms with Gasteiger partial charge in [-0.05, 0) is 29.0 Å². The zero-order valence-electron chi connectivity index (χ0n) is 9.18. The quantitative estimate of drug-likeness (QED) is 0.802. The molecule has 0 amide bonds. The van der Waals surface area contributed by atoms with Gasteiger partial charge in [-0.1, -0.05) is 31.2 Å². The molecule has 1 aromatic carbocycles. The normalized spacial score (nSPS) is 11.6. The molecule has 0 saturated carbocycles. The SMILES string of the molecule is CCc1ccc(-c2sccc2S(=O)(=O)Cl)cc1. The maximum absolute atomic E-state index is 11.4. The Morgan fingerprint density at radius 3 is 2.35 bits per heavy atom. The van der Waals surface area contributed by atoms with Gasteiger partial charge in [-0.2, -0.15) is 0 Å². The highest BCUT2D eigenvalue weighted by molar-refractivity contribution is 8.14. The summed E-state index contributed by atoms with van der Waals surface area (Å²) in [6, 6.07) is 9.39. The first kappa shape index (κ1) is 12.6. The summed E-state index contributed by atoms with van der Waals surface area (Å²) in [6.45, 7) is 2.08. The Morgan fingerprint density at radius 1 is 1.18 bits per heavy atom. The minimum absolute atomic E-state index is 0.188. The highest BCUT2D eigenvalue weighted by Crippen LogP contribution is 2.34. The smallest absolute Gasteiger partial charge is 0.207 e. The molecule has 0 fully saturated rings. The van der Waals surface area contributed by atoms with E-state index in [0.717, 1.165) is 12.0 Å². The lowest BCUT2D eigenvalue weighted by Gasteiger charge is -2.02. The van der Waals surface area contributed by atoms with E-state index in [-0.39, 0.29) is 4.90 Å². The molecule has 1 aromatic heterocycles. The first-order valence-electron chi connectivity index (χ1n) is 5.14. The van der Waals surface area contributed by atoms with Crippen LogP contribution in [0.15, 0.2) is 40.6 Å². The molecule has 17 heavy (non-hydrogen) atoms. The topological polar surface area (TPSA) is 34.1 Å². The Balaban J connectivity index is 2.50. The van der Waals surface area contributed by atoms with Gasteiger partial charge >= 0.3 is 0 Å². The Morgan fingerprint density at radius 2 is 1.82 bits per heavy atom. The fourth-order valence-electron chi connectivity index (χ4n) is 1.59. The predicted octanol–water partition coefficient (Wildman–Crippen LogP) is 3.91.